The molecule has 62 valence electrons. The van der Waals surface area contributed by atoms with Crippen LogP contribution < -0.4 is 0 Å². The molecule has 11 heavy (non-hydrogen) atoms. The fourth-order valence-corrected chi connectivity index (χ4v) is 0.621. The summed E-state index contributed by atoms with van der Waals surface area (Å²) in [7, 11) is 0. The first-order valence-electron chi connectivity index (χ1n) is 3.55. The second-order valence-electron chi connectivity index (χ2n) is 2.70. The Morgan fingerprint density at radius 2 is 2.27 bits per heavy atom. The SMILES string of the molecule is C=CC(C)(C/C=C/C)C(=O)O. The summed E-state index contributed by atoms with van der Waals surface area (Å²) in [5.41, 5.74) is -0.813. The average molecular weight is 154 g/mol. The van der Waals surface area contributed by atoms with Crippen LogP contribution in [-0.2, 0) is 4.79 Å². The van der Waals surface area contributed by atoms with Crippen molar-refractivity contribution < 1.29 is 9.90 Å². The summed E-state index contributed by atoms with van der Waals surface area (Å²) >= 11 is 0. The topological polar surface area (TPSA) is 37.3 Å². The maximum absolute atomic E-state index is 10.7. The Morgan fingerprint density at radius 3 is 2.55 bits per heavy atom. The third-order valence-electron chi connectivity index (χ3n) is 1.72. The molecule has 0 aromatic rings. The van der Waals surface area contributed by atoms with Crippen LogP contribution in [0.3, 0.4) is 0 Å². The predicted molar refractivity (Wildman–Crippen MR) is 45.4 cm³/mol. The van der Waals surface area contributed by atoms with Gasteiger partial charge in [-0.3, -0.25) is 4.79 Å². The van der Waals surface area contributed by atoms with E-state index in [1.807, 2.05) is 19.1 Å². The number of carboxylic acid groups (broad SMARTS) is 1. The molecule has 0 fully saturated rings. The monoisotopic (exact) mass is 154 g/mol. The molecule has 0 saturated carbocycles. The molecule has 0 heterocycles. The van der Waals surface area contributed by atoms with Gasteiger partial charge in [-0.15, -0.1) is 6.58 Å². The van der Waals surface area contributed by atoms with E-state index in [4.69, 9.17) is 5.11 Å². The van der Waals surface area contributed by atoms with Gasteiger partial charge in [-0.25, -0.2) is 0 Å². The lowest BCUT2D eigenvalue weighted by atomic mass is 9.87. The summed E-state index contributed by atoms with van der Waals surface area (Å²) < 4.78 is 0. The van der Waals surface area contributed by atoms with Gasteiger partial charge in [0.05, 0.1) is 5.41 Å². The Morgan fingerprint density at radius 1 is 1.73 bits per heavy atom. The van der Waals surface area contributed by atoms with E-state index >= 15 is 0 Å². The third kappa shape index (κ3) is 2.58. The number of carbonyl (C=O) groups is 1. The van der Waals surface area contributed by atoms with Gasteiger partial charge in [0.15, 0.2) is 0 Å². The van der Waals surface area contributed by atoms with Gasteiger partial charge in [0.1, 0.15) is 0 Å². The van der Waals surface area contributed by atoms with Gasteiger partial charge in [0, 0.05) is 0 Å². The van der Waals surface area contributed by atoms with Crippen molar-refractivity contribution in [2.45, 2.75) is 20.3 Å². The lowest BCUT2D eigenvalue weighted by Gasteiger charge is -2.17. The molecule has 2 heteroatoms. The lowest BCUT2D eigenvalue weighted by Crippen LogP contribution is -2.23. The molecule has 0 amide bonds. The molecule has 1 N–H and O–H groups in total. The predicted octanol–water partition coefficient (Wildman–Crippen LogP) is 2.23. The van der Waals surface area contributed by atoms with Crippen molar-refractivity contribution in [2.24, 2.45) is 5.41 Å². The lowest BCUT2D eigenvalue weighted by molar-refractivity contribution is -0.144. The van der Waals surface area contributed by atoms with Crippen LogP contribution in [-0.4, -0.2) is 11.1 Å². The first-order valence-corrected chi connectivity index (χ1v) is 3.55. The van der Waals surface area contributed by atoms with E-state index in [0.717, 1.165) is 0 Å². The highest BCUT2D eigenvalue weighted by Gasteiger charge is 2.27. The number of allylic oxidation sites excluding steroid dienone is 2. The van der Waals surface area contributed by atoms with Gasteiger partial charge in [-0.1, -0.05) is 18.2 Å². The summed E-state index contributed by atoms with van der Waals surface area (Å²) in [5.74, 6) is -0.828. The first-order chi connectivity index (χ1) is 5.06. The van der Waals surface area contributed by atoms with Crippen molar-refractivity contribution in [2.75, 3.05) is 0 Å². The largest absolute Gasteiger partial charge is 0.481 e. The summed E-state index contributed by atoms with van der Waals surface area (Å²) in [6, 6.07) is 0. The fraction of sp³-hybridized carbons (Fsp3) is 0.444. The zero-order valence-corrected chi connectivity index (χ0v) is 7.00. The summed E-state index contributed by atoms with van der Waals surface area (Å²) in [6.07, 6.45) is 5.64. The maximum atomic E-state index is 10.7. The normalized spacial score (nSPS) is 16.2. The molecule has 2 nitrogen and oxygen atoms in total. The number of hydrogen-bond acceptors (Lipinski definition) is 1. The van der Waals surface area contributed by atoms with E-state index in [2.05, 4.69) is 6.58 Å². The van der Waals surface area contributed by atoms with Crippen LogP contribution in [0, 0.1) is 5.41 Å². The van der Waals surface area contributed by atoms with Crippen molar-refractivity contribution in [3.8, 4) is 0 Å². The molecule has 0 rings (SSSR count). The quantitative estimate of drug-likeness (QED) is 0.630. The fourth-order valence-electron chi connectivity index (χ4n) is 0.621. The number of aliphatic carboxylic acids is 1. The Balaban J connectivity index is 4.34. The van der Waals surface area contributed by atoms with Gasteiger partial charge >= 0.3 is 5.97 Å². The Kier molecular flexibility index (Phi) is 3.58. The molecule has 0 aromatic heterocycles. The highest BCUT2D eigenvalue weighted by molar-refractivity contribution is 5.76. The van der Waals surface area contributed by atoms with Crippen LogP contribution in [0.5, 0.6) is 0 Å². The van der Waals surface area contributed by atoms with E-state index in [9.17, 15) is 4.79 Å². The van der Waals surface area contributed by atoms with E-state index in [-0.39, 0.29) is 0 Å². The molecule has 0 aromatic carbocycles. The molecule has 1 atom stereocenters. The Hall–Kier alpha value is -1.05. The van der Waals surface area contributed by atoms with Crippen LogP contribution in [0.4, 0.5) is 0 Å². The standard InChI is InChI=1S/C9H14O2/c1-4-6-7-9(3,5-2)8(10)11/h4-6H,2,7H2,1,3H3,(H,10,11)/b6-4+. The van der Waals surface area contributed by atoms with E-state index in [1.165, 1.54) is 6.08 Å². The van der Waals surface area contributed by atoms with Crippen LogP contribution in [0.2, 0.25) is 0 Å². The van der Waals surface area contributed by atoms with Gasteiger partial charge in [0.2, 0.25) is 0 Å². The smallest absolute Gasteiger partial charge is 0.313 e. The molecule has 0 saturated heterocycles. The third-order valence-corrected chi connectivity index (χ3v) is 1.72. The Labute approximate surface area is 67.2 Å². The maximum Gasteiger partial charge on any atom is 0.313 e. The molecule has 1 unspecified atom stereocenters. The molecule has 0 bridgehead atoms. The first kappa shape index (κ1) is 9.95. The number of carboxylic acids is 1. The molecule has 0 aliphatic rings. The highest BCUT2D eigenvalue weighted by Crippen LogP contribution is 2.23. The van der Waals surface area contributed by atoms with E-state index in [1.54, 1.807) is 6.92 Å². The average Bonchev–Trinajstić information content (AvgIpc) is 2.00. The molecule has 0 aliphatic carbocycles. The summed E-state index contributed by atoms with van der Waals surface area (Å²) in [6.45, 7) is 7.01. The Bertz CT molecular complexity index is 182. The zero-order chi connectivity index (χ0) is 8.91. The van der Waals surface area contributed by atoms with Gasteiger partial charge in [-0.2, -0.15) is 0 Å². The molecular formula is C9H14O2. The van der Waals surface area contributed by atoms with Gasteiger partial charge < -0.3 is 5.11 Å². The van der Waals surface area contributed by atoms with Crippen molar-refractivity contribution in [3.05, 3.63) is 24.8 Å². The summed E-state index contributed by atoms with van der Waals surface area (Å²) in [5, 5.41) is 8.75. The minimum Gasteiger partial charge on any atom is -0.481 e. The molecule has 0 spiro atoms. The van der Waals surface area contributed by atoms with Crippen molar-refractivity contribution in [3.63, 3.8) is 0 Å². The van der Waals surface area contributed by atoms with Crippen molar-refractivity contribution >= 4 is 5.97 Å². The second-order valence-corrected chi connectivity index (χ2v) is 2.70. The van der Waals surface area contributed by atoms with Crippen molar-refractivity contribution in [1.29, 1.82) is 0 Å². The van der Waals surface area contributed by atoms with Crippen LogP contribution in [0.25, 0.3) is 0 Å². The number of hydrogen-bond donors (Lipinski definition) is 1. The molecular weight excluding hydrogens is 140 g/mol. The second kappa shape index (κ2) is 3.96. The summed E-state index contributed by atoms with van der Waals surface area (Å²) in [4.78, 5) is 10.7. The molecule has 0 radical (unpaired) electrons. The van der Waals surface area contributed by atoms with Crippen LogP contribution in [0.1, 0.15) is 20.3 Å². The number of rotatable bonds is 4. The van der Waals surface area contributed by atoms with Gasteiger partial charge in [0.25, 0.3) is 0 Å². The van der Waals surface area contributed by atoms with E-state index < -0.39 is 11.4 Å². The van der Waals surface area contributed by atoms with E-state index in [0.29, 0.717) is 6.42 Å². The minimum atomic E-state index is -0.828. The zero-order valence-electron chi connectivity index (χ0n) is 7.00. The van der Waals surface area contributed by atoms with Crippen LogP contribution in [0.15, 0.2) is 24.8 Å². The van der Waals surface area contributed by atoms with Crippen LogP contribution >= 0.6 is 0 Å². The van der Waals surface area contributed by atoms with Crippen molar-refractivity contribution in [1.82, 2.24) is 0 Å². The highest BCUT2D eigenvalue weighted by atomic mass is 16.4. The molecule has 0 aliphatic heterocycles. The minimum absolute atomic E-state index is 0.502. The van der Waals surface area contributed by atoms with Gasteiger partial charge in [-0.05, 0) is 20.3 Å².